The van der Waals surface area contributed by atoms with Crippen LogP contribution in [0, 0.1) is 11.3 Å². The van der Waals surface area contributed by atoms with Crippen molar-refractivity contribution in [2.24, 2.45) is 11.3 Å². The Morgan fingerprint density at radius 3 is 3.08 bits per heavy atom. The van der Waals surface area contributed by atoms with E-state index >= 15 is 0 Å². The van der Waals surface area contributed by atoms with Gasteiger partial charge in [-0.3, -0.25) is 0 Å². The highest BCUT2D eigenvalue weighted by Gasteiger charge is 2.40. The lowest BCUT2D eigenvalue weighted by Crippen LogP contribution is -2.17. The van der Waals surface area contributed by atoms with Crippen LogP contribution < -0.4 is 0 Å². The standard InChI is InChI=1S/C12H18O/c1-2-3-8-13-10-12-6-4-11(9-12)5-7-12/h3-4,6,8,11H,2,5,7,9-10H2,1H3. The molecular formula is C12H18O. The van der Waals surface area contributed by atoms with Crippen molar-refractivity contribution in [2.75, 3.05) is 6.61 Å². The summed E-state index contributed by atoms with van der Waals surface area (Å²) in [7, 11) is 0. The Labute approximate surface area is 80.5 Å². The van der Waals surface area contributed by atoms with Crippen LogP contribution in [-0.2, 0) is 4.74 Å². The summed E-state index contributed by atoms with van der Waals surface area (Å²) < 4.78 is 5.55. The molecule has 2 unspecified atom stereocenters. The molecule has 2 bridgehead atoms. The van der Waals surface area contributed by atoms with Crippen molar-refractivity contribution in [3.05, 3.63) is 24.5 Å². The van der Waals surface area contributed by atoms with E-state index in [9.17, 15) is 0 Å². The molecule has 0 N–H and O–H groups in total. The molecule has 72 valence electrons. The third kappa shape index (κ3) is 1.79. The van der Waals surface area contributed by atoms with E-state index in [0.717, 1.165) is 18.9 Å². The van der Waals surface area contributed by atoms with Crippen molar-refractivity contribution in [3.8, 4) is 0 Å². The van der Waals surface area contributed by atoms with Gasteiger partial charge < -0.3 is 4.74 Å². The SMILES string of the molecule is CCC=COCC12C=CC(CC1)C2. The van der Waals surface area contributed by atoms with Gasteiger partial charge in [-0.1, -0.05) is 25.2 Å². The number of rotatable bonds is 4. The van der Waals surface area contributed by atoms with Crippen LogP contribution in [0.3, 0.4) is 0 Å². The van der Waals surface area contributed by atoms with Crippen LogP contribution in [-0.4, -0.2) is 6.61 Å². The zero-order valence-corrected chi connectivity index (χ0v) is 8.33. The Morgan fingerprint density at radius 2 is 2.54 bits per heavy atom. The molecule has 0 amide bonds. The normalized spacial score (nSPS) is 36.2. The average molecular weight is 178 g/mol. The summed E-state index contributed by atoms with van der Waals surface area (Å²) >= 11 is 0. The summed E-state index contributed by atoms with van der Waals surface area (Å²) in [6.07, 6.45) is 13.8. The van der Waals surface area contributed by atoms with E-state index in [1.165, 1.54) is 19.3 Å². The van der Waals surface area contributed by atoms with E-state index in [1.807, 2.05) is 6.26 Å². The van der Waals surface area contributed by atoms with E-state index in [-0.39, 0.29) is 0 Å². The Kier molecular flexibility index (Phi) is 2.43. The van der Waals surface area contributed by atoms with Gasteiger partial charge >= 0.3 is 0 Å². The zero-order chi connectivity index (χ0) is 9.15. The lowest BCUT2D eigenvalue weighted by molar-refractivity contribution is 0.151. The minimum Gasteiger partial charge on any atom is -0.501 e. The van der Waals surface area contributed by atoms with E-state index in [1.54, 1.807) is 0 Å². The molecule has 2 aliphatic rings. The fourth-order valence-corrected chi connectivity index (χ4v) is 2.41. The van der Waals surface area contributed by atoms with E-state index < -0.39 is 0 Å². The molecule has 0 aromatic heterocycles. The molecule has 0 aromatic rings. The van der Waals surface area contributed by atoms with Gasteiger partial charge in [0.2, 0.25) is 0 Å². The molecule has 0 heterocycles. The predicted molar refractivity (Wildman–Crippen MR) is 54.3 cm³/mol. The first kappa shape index (κ1) is 8.86. The molecule has 13 heavy (non-hydrogen) atoms. The summed E-state index contributed by atoms with van der Waals surface area (Å²) in [5.41, 5.74) is 0.406. The molecule has 1 fully saturated rings. The van der Waals surface area contributed by atoms with Gasteiger partial charge in [0.05, 0.1) is 12.9 Å². The van der Waals surface area contributed by atoms with Gasteiger partial charge in [-0.2, -0.15) is 0 Å². The molecule has 0 saturated heterocycles. The first-order valence-electron chi connectivity index (χ1n) is 5.31. The number of ether oxygens (including phenoxy) is 1. The fourth-order valence-electron chi connectivity index (χ4n) is 2.41. The second-order valence-electron chi connectivity index (χ2n) is 4.32. The van der Waals surface area contributed by atoms with Gasteiger partial charge in [-0.15, -0.1) is 0 Å². The highest BCUT2D eigenvalue weighted by atomic mass is 16.5. The van der Waals surface area contributed by atoms with E-state index in [2.05, 4.69) is 25.2 Å². The van der Waals surface area contributed by atoms with Gasteiger partial charge in [-0.25, -0.2) is 0 Å². The summed E-state index contributed by atoms with van der Waals surface area (Å²) in [5.74, 6) is 0.860. The summed E-state index contributed by atoms with van der Waals surface area (Å²) in [6.45, 7) is 3.01. The number of hydrogen-bond donors (Lipinski definition) is 0. The van der Waals surface area contributed by atoms with Crippen LogP contribution >= 0.6 is 0 Å². The van der Waals surface area contributed by atoms with Crippen molar-refractivity contribution in [3.63, 3.8) is 0 Å². The van der Waals surface area contributed by atoms with Crippen LogP contribution in [0.4, 0.5) is 0 Å². The summed E-state index contributed by atoms with van der Waals surface area (Å²) in [5, 5.41) is 0. The van der Waals surface area contributed by atoms with Crippen molar-refractivity contribution in [1.82, 2.24) is 0 Å². The third-order valence-corrected chi connectivity index (χ3v) is 3.20. The van der Waals surface area contributed by atoms with Crippen LogP contribution in [0.5, 0.6) is 0 Å². The highest BCUT2D eigenvalue weighted by Crippen LogP contribution is 2.49. The van der Waals surface area contributed by atoms with Crippen molar-refractivity contribution in [2.45, 2.75) is 32.6 Å². The smallest absolute Gasteiger partial charge is 0.0963 e. The minimum atomic E-state index is 0.406. The van der Waals surface area contributed by atoms with Gasteiger partial charge in [0.15, 0.2) is 0 Å². The van der Waals surface area contributed by atoms with E-state index in [0.29, 0.717) is 5.41 Å². The summed E-state index contributed by atoms with van der Waals surface area (Å²) in [4.78, 5) is 0. The first-order chi connectivity index (χ1) is 6.35. The first-order valence-corrected chi connectivity index (χ1v) is 5.31. The molecule has 1 nitrogen and oxygen atoms in total. The largest absolute Gasteiger partial charge is 0.501 e. The zero-order valence-electron chi connectivity index (χ0n) is 8.33. The lowest BCUT2D eigenvalue weighted by atomic mass is 9.89. The number of fused-ring (bicyclic) bond motifs is 2. The molecule has 1 saturated carbocycles. The molecule has 0 radical (unpaired) electrons. The quantitative estimate of drug-likeness (QED) is 0.474. The summed E-state index contributed by atoms with van der Waals surface area (Å²) in [6, 6.07) is 0. The lowest BCUT2D eigenvalue weighted by Gasteiger charge is -2.22. The molecule has 0 aromatic carbocycles. The topological polar surface area (TPSA) is 9.23 Å². The Hall–Kier alpha value is -0.720. The Bertz CT molecular complexity index is 229. The second kappa shape index (κ2) is 3.57. The minimum absolute atomic E-state index is 0.406. The highest BCUT2D eigenvalue weighted by molar-refractivity contribution is 5.15. The fraction of sp³-hybridized carbons (Fsp3) is 0.667. The van der Waals surface area contributed by atoms with Gasteiger partial charge in [0.1, 0.15) is 0 Å². The molecule has 1 heteroatoms. The maximum atomic E-state index is 5.55. The maximum absolute atomic E-state index is 5.55. The average Bonchev–Trinajstić information content (AvgIpc) is 2.72. The van der Waals surface area contributed by atoms with Crippen molar-refractivity contribution in [1.29, 1.82) is 0 Å². The second-order valence-corrected chi connectivity index (χ2v) is 4.32. The van der Waals surface area contributed by atoms with Crippen LogP contribution in [0.15, 0.2) is 24.5 Å². The molecule has 2 rings (SSSR count). The van der Waals surface area contributed by atoms with Gasteiger partial charge in [0, 0.05) is 5.41 Å². The molecule has 2 atom stereocenters. The maximum Gasteiger partial charge on any atom is 0.0963 e. The van der Waals surface area contributed by atoms with Crippen LogP contribution in [0.2, 0.25) is 0 Å². The predicted octanol–water partition coefficient (Wildman–Crippen LogP) is 3.28. The van der Waals surface area contributed by atoms with Crippen molar-refractivity contribution >= 4 is 0 Å². The molecule has 2 aliphatic carbocycles. The number of allylic oxidation sites excluding steroid dienone is 2. The van der Waals surface area contributed by atoms with Crippen molar-refractivity contribution < 1.29 is 4.74 Å². The van der Waals surface area contributed by atoms with Gasteiger partial charge in [-0.05, 0) is 31.6 Å². The molecular weight excluding hydrogens is 160 g/mol. The van der Waals surface area contributed by atoms with Crippen LogP contribution in [0.1, 0.15) is 32.6 Å². The Balaban J connectivity index is 1.81. The van der Waals surface area contributed by atoms with Gasteiger partial charge in [0.25, 0.3) is 0 Å². The van der Waals surface area contributed by atoms with E-state index in [4.69, 9.17) is 4.74 Å². The number of hydrogen-bond acceptors (Lipinski definition) is 1. The Morgan fingerprint density at radius 1 is 1.62 bits per heavy atom. The third-order valence-electron chi connectivity index (χ3n) is 3.20. The molecule has 0 spiro atoms. The molecule has 0 aliphatic heterocycles. The monoisotopic (exact) mass is 178 g/mol. The van der Waals surface area contributed by atoms with Crippen LogP contribution in [0.25, 0.3) is 0 Å².